The lowest BCUT2D eigenvalue weighted by Gasteiger charge is -2.35. The molecule has 1 aliphatic rings. The van der Waals surface area contributed by atoms with Crippen molar-refractivity contribution in [2.75, 3.05) is 13.1 Å². The highest BCUT2D eigenvalue weighted by Gasteiger charge is 2.26. The number of piperidine rings is 1. The Kier molecular flexibility index (Phi) is 3.97. The number of rotatable bonds is 2. The largest absolute Gasteiger partial charge is 0.334 e. The average Bonchev–Trinajstić information content (AvgIpc) is 2.36. The molecule has 1 atom stereocenters. The Bertz CT molecular complexity index is 427. The number of carbonyl (C=O) groups excluding carboxylic acids is 1. The fourth-order valence-corrected chi connectivity index (χ4v) is 2.54. The van der Waals surface area contributed by atoms with Crippen LogP contribution in [0.25, 0.3) is 0 Å². The molecule has 98 valence electrons. The number of amides is 1. The molecule has 0 bridgehead atoms. The molecule has 1 fully saturated rings. The molecule has 1 saturated heterocycles. The lowest BCUT2D eigenvalue weighted by atomic mass is 10.0. The van der Waals surface area contributed by atoms with Crippen LogP contribution in [-0.4, -0.2) is 29.9 Å². The van der Waals surface area contributed by atoms with Gasteiger partial charge in [0.25, 0.3) is 5.91 Å². The molecule has 3 nitrogen and oxygen atoms in total. The smallest absolute Gasteiger partial charge is 0.254 e. The van der Waals surface area contributed by atoms with Gasteiger partial charge in [0.1, 0.15) is 5.82 Å². The number of likely N-dealkylation sites (tertiary alicyclic amines) is 1. The van der Waals surface area contributed by atoms with Crippen LogP contribution in [0.2, 0.25) is 0 Å². The molecule has 1 aromatic carbocycles. The van der Waals surface area contributed by atoms with Crippen molar-refractivity contribution in [2.45, 2.75) is 32.2 Å². The third-order valence-electron chi connectivity index (χ3n) is 3.45. The summed E-state index contributed by atoms with van der Waals surface area (Å²) in [5.41, 5.74) is 6.89. The van der Waals surface area contributed by atoms with E-state index in [2.05, 4.69) is 0 Å². The highest BCUT2D eigenvalue weighted by molar-refractivity contribution is 5.94. The van der Waals surface area contributed by atoms with Crippen LogP contribution < -0.4 is 5.73 Å². The van der Waals surface area contributed by atoms with Crippen molar-refractivity contribution in [1.29, 1.82) is 0 Å². The number of halogens is 1. The lowest BCUT2D eigenvalue weighted by Crippen LogP contribution is -2.47. The van der Waals surface area contributed by atoms with Gasteiger partial charge in [0.05, 0.1) is 0 Å². The van der Waals surface area contributed by atoms with Crippen LogP contribution in [0.1, 0.15) is 35.2 Å². The normalized spacial score (nSPS) is 19.9. The predicted octanol–water partition coefficient (Wildman–Crippen LogP) is 2.09. The van der Waals surface area contributed by atoms with Gasteiger partial charge in [-0.15, -0.1) is 0 Å². The first-order chi connectivity index (χ1) is 8.61. The molecule has 0 radical (unpaired) electrons. The number of nitrogens with two attached hydrogens (primary N) is 1. The minimum Gasteiger partial charge on any atom is -0.334 e. The molecule has 4 heteroatoms. The molecule has 1 aromatic rings. The zero-order valence-electron chi connectivity index (χ0n) is 10.7. The lowest BCUT2D eigenvalue weighted by molar-refractivity contribution is 0.0623. The summed E-state index contributed by atoms with van der Waals surface area (Å²) in [6.45, 7) is 2.98. The fourth-order valence-electron chi connectivity index (χ4n) is 2.54. The Morgan fingerprint density at radius 3 is 2.89 bits per heavy atom. The van der Waals surface area contributed by atoms with E-state index in [1.165, 1.54) is 12.1 Å². The van der Waals surface area contributed by atoms with Gasteiger partial charge >= 0.3 is 0 Å². The summed E-state index contributed by atoms with van der Waals surface area (Å²) in [6, 6.07) is 4.55. The van der Waals surface area contributed by atoms with Crippen molar-refractivity contribution in [2.24, 2.45) is 5.73 Å². The molecule has 0 spiro atoms. The molecule has 0 aliphatic carbocycles. The van der Waals surface area contributed by atoms with E-state index < -0.39 is 0 Å². The highest BCUT2D eigenvalue weighted by Crippen LogP contribution is 2.20. The van der Waals surface area contributed by atoms with Crippen molar-refractivity contribution >= 4 is 5.91 Å². The summed E-state index contributed by atoms with van der Waals surface area (Å²) < 4.78 is 13.3. The maximum Gasteiger partial charge on any atom is 0.254 e. The van der Waals surface area contributed by atoms with Gasteiger partial charge in [0, 0.05) is 24.7 Å². The Morgan fingerprint density at radius 2 is 2.22 bits per heavy atom. The minimum absolute atomic E-state index is 0.0924. The van der Waals surface area contributed by atoms with E-state index >= 15 is 0 Å². The van der Waals surface area contributed by atoms with Gasteiger partial charge in [0.15, 0.2) is 0 Å². The van der Waals surface area contributed by atoms with Crippen LogP contribution in [0.3, 0.4) is 0 Å². The first-order valence-corrected chi connectivity index (χ1v) is 6.40. The third kappa shape index (κ3) is 2.70. The van der Waals surface area contributed by atoms with Crippen LogP contribution in [0, 0.1) is 12.7 Å². The van der Waals surface area contributed by atoms with Crippen LogP contribution in [0.4, 0.5) is 4.39 Å². The number of hydrogen-bond acceptors (Lipinski definition) is 2. The molecule has 18 heavy (non-hydrogen) atoms. The van der Waals surface area contributed by atoms with Crippen molar-refractivity contribution in [3.8, 4) is 0 Å². The summed E-state index contributed by atoms with van der Waals surface area (Å²) in [5.74, 6) is -0.465. The second kappa shape index (κ2) is 5.48. The van der Waals surface area contributed by atoms with Crippen LogP contribution in [0.5, 0.6) is 0 Å². The molecule has 0 saturated carbocycles. The Labute approximate surface area is 107 Å². The summed E-state index contributed by atoms with van der Waals surface area (Å²) in [5, 5.41) is 0. The second-order valence-corrected chi connectivity index (χ2v) is 4.90. The first-order valence-electron chi connectivity index (χ1n) is 6.40. The van der Waals surface area contributed by atoms with Gasteiger partial charge in [0.2, 0.25) is 0 Å². The number of nitrogens with zero attached hydrogens (tertiary/aromatic N) is 1. The molecule has 1 amide bonds. The minimum atomic E-state index is -0.361. The van der Waals surface area contributed by atoms with E-state index in [-0.39, 0.29) is 17.8 Å². The first kappa shape index (κ1) is 13.0. The fraction of sp³-hybridized carbons (Fsp3) is 0.500. The van der Waals surface area contributed by atoms with Crippen molar-refractivity contribution < 1.29 is 9.18 Å². The van der Waals surface area contributed by atoms with E-state index in [1.54, 1.807) is 17.9 Å². The zero-order chi connectivity index (χ0) is 13.1. The molecule has 2 N–H and O–H groups in total. The van der Waals surface area contributed by atoms with Crippen molar-refractivity contribution in [3.63, 3.8) is 0 Å². The summed E-state index contributed by atoms with van der Waals surface area (Å²) >= 11 is 0. The van der Waals surface area contributed by atoms with Crippen LogP contribution in [0.15, 0.2) is 18.2 Å². The Balaban J connectivity index is 2.23. The van der Waals surface area contributed by atoms with Gasteiger partial charge in [-0.1, -0.05) is 0 Å². The third-order valence-corrected chi connectivity index (χ3v) is 3.45. The maximum atomic E-state index is 13.3. The molecular weight excluding hydrogens is 231 g/mol. The zero-order valence-corrected chi connectivity index (χ0v) is 10.7. The van der Waals surface area contributed by atoms with Gasteiger partial charge in [-0.3, -0.25) is 4.79 Å². The molecular formula is C14H19FN2O. The maximum absolute atomic E-state index is 13.3. The van der Waals surface area contributed by atoms with E-state index in [4.69, 9.17) is 5.73 Å². The van der Waals surface area contributed by atoms with E-state index in [0.717, 1.165) is 31.4 Å². The van der Waals surface area contributed by atoms with Crippen molar-refractivity contribution in [1.82, 2.24) is 4.90 Å². The average molecular weight is 250 g/mol. The van der Waals surface area contributed by atoms with Gasteiger partial charge in [-0.25, -0.2) is 4.39 Å². The second-order valence-electron chi connectivity index (χ2n) is 4.90. The Morgan fingerprint density at radius 1 is 1.44 bits per heavy atom. The molecule has 1 aliphatic heterocycles. The van der Waals surface area contributed by atoms with E-state index in [0.29, 0.717) is 12.1 Å². The van der Waals surface area contributed by atoms with E-state index in [9.17, 15) is 9.18 Å². The van der Waals surface area contributed by atoms with Gasteiger partial charge in [-0.05, 0) is 49.9 Å². The predicted molar refractivity (Wildman–Crippen MR) is 68.9 cm³/mol. The van der Waals surface area contributed by atoms with Gasteiger partial charge < -0.3 is 10.6 Å². The molecule has 0 aromatic heterocycles. The van der Waals surface area contributed by atoms with Crippen molar-refractivity contribution in [3.05, 3.63) is 35.1 Å². The number of benzene rings is 1. The Hall–Kier alpha value is -1.42. The quantitative estimate of drug-likeness (QED) is 0.873. The van der Waals surface area contributed by atoms with E-state index in [1.807, 2.05) is 0 Å². The van der Waals surface area contributed by atoms with Gasteiger partial charge in [-0.2, -0.15) is 0 Å². The molecule has 0 unspecified atom stereocenters. The highest BCUT2D eigenvalue weighted by atomic mass is 19.1. The summed E-state index contributed by atoms with van der Waals surface area (Å²) in [4.78, 5) is 14.2. The van der Waals surface area contributed by atoms with Crippen LogP contribution in [-0.2, 0) is 0 Å². The topological polar surface area (TPSA) is 46.3 Å². The number of carbonyl (C=O) groups is 1. The monoisotopic (exact) mass is 250 g/mol. The molecule has 2 rings (SSSR count). The summed E-state index contributed by atoms with van der Waals surface area (Å²) in [6.07, 6.45) is 3.04. The van der Waals surface area contributed by atoms with Crippen LogP contribution >= 0.6 is 0 Å². The summed E-state index contributed by atoms with van der Waals surface area (Å²) in [7, 11) is 0. The standard InChI is InChI=1S/C14H19FN2O/c1-10-6-11(8-12(15)7-10)14(18)17-5-3-2-4-13(17)9-16/h6-8,13H,2-5,9,16H2,1H3/t13-/m0/s1. The SMILES string of the molecule is Cc1cc(F)cc(C(=O)N2CCCC[C@H]2CN)c1. The number of aryl methyl sites for hydroxylation is 1. The molecule has 1 heterocycles. The number of hydrogen-bond donors (Lipinski definition) is 1.